The summed E-state index contributed by atoms with van der Waals surface area (Å²) in [4.78, 5) is 25.7. The summed E-state index contributed by atoms with van der Waals surface area (Å²) in [5, 5.41) is 0.703. The average molecular weight is 502 g/mol. The number of rotatable bonds is 7. The maximum absolute atomic E-state index is 13.0. The number of benzene rings is 3. The van der Waals surface area contributed by atoms with Gasteiger partial charge in [-0.1, -0.05) is 12.1 Å². The topological polar surface area (TPSA) is 103 Å². The van der Waals surface area contributed by atoms with Crippen molar-refractivity contribution in [1.82, 2.24) is 0 Å². The molecule has 1 aliphatic rings. The Labute approximate surface area is 211 Å². The molecule has 37 heavy (non-hydrogen) atoms. The average Bonchev–Trinajstić information content (AvgIpc) is 3.49. The standard InChI is InChI=1S/C28H22O9/c1-31-19-7-5-6-15-13-23(37-25(15)19)28(30)35-17-9-10-18-21(14-17)36-22(24(18)29)12-16-8-11-20(32-2)27(34-4)26(16)33-3/h5-14H,1-4H3/b22-12-. The Morgan fingerprint density at radius 2 is 1.62 bits per heavy atom. The molecule has 1 aliphatic heterocycles. The summed E-state index contributed by atoms with van der Waals surface area (Å²) in [7, 11) is 6.02. The molecule has 0 amide bonds. The zero-order chi connectivity index (χ0) is 26.1. The lowest BCUT2D eigenvalue weighted by molar-refractivity contribution is 0.0703. The van der Waals surface area contributed by atoms with E-state index >= 15 is 0 Å². The van der Waals surface area contributed by atoms with Gasteiger partial charge < -0.3 is 32.8 Å². The molecule has 0 spiro atoms. The first kappa shape index (κ1) is 23.8. The van der Waals surface area contributed by atoms with Crippen LogP contribution >= 0.6 is 0 Å². The quantitative estimate of drug-likeness (QED) is 0.189. The van der Waals surface area contributed by atoms with Gasteiger partial charge in [-0.15, -0.1) is 0 Å². The molecule has 9 nitrogen and oxygen atoms in total. The van der Waals surface area contributed by atoms with Crippen LogP contribution in [-0.4, -0.2) is 40.2 Å². The molecule has 5 rings (SSSR count). The lowest BCUT2D eigenvalue weighted by Gasteiger charge is -2.14. The molecule has 3 aromatic carbocycles. The van der Waals surface area contributed by atoms with Crippen molar-refractivity contribution in [3.05, 3.63) is 77.2 Å². The second-order valence-corrected chi connectivity index (χ2v) is 7.90. The fourth-order valence-corrected chi connectivity index (χ4v) is 4.07. The number of carbonyl (C=O) groups excluding carboxylic acids is 2. The van der Waals surface area contributed by atoms with Gasteiger partial charge in [-0.3, -0.25) is 4.79 Å². The van der Waals surface area contributed by atoms with E-state index in [0.717, 1.165) is 0 Å². The van der Waals surface area contributed by atoms with Gasteiger partial charge in [0.1, 0.15) is 11.5 Å². The SMILES string of the molecule is COc1ccc(/C=C2\Oc3cc(OC(=O)c4cc5cccc(OC)c5o4)ccc3C2=O)c(OC)c1OC. The third-order valence-corrected chi connectivity index (χ3v) is 5.80. The molecule has 0 unspecified atom stereocenters. The Balaban J connectivity index is 1.40. The summed E-state index contributed by atoms with van der Waals surface area (Å²) in [5.41, 5.74) is 1.34. The van der Waals surface area contributed by atoms with Crippen molar-refractivity contribution in [2.75, 3.05) is 28.4 Å². The second-order valence-electron chi connectivity index (χ2n) is 7.90. The maximum atomic E-state index is 13.0. The van der Waals surface area contributed by atoms with E-state index in [1.54, 1.807) is 42.5 Å². The van der Waals surface area contributed by atoms with Crippen molar-refractivity contribution >= 4 is 28.8 Å². The van der Waals surface area contributed by atoms with E-state index < -0.39 is 5.97 Å². The van der Waals surface area contributed by atoms with Crippen LogP contribution in [0.5, 0.6) is 34.5 Å². The third kappa shape index (κ3) is 4.20. The summed E-state index contributed by atoms with van der Waals surface area (Å²) < 4.78 is 38.4. The number of furan rings is 1. The minimum Gasteiger partial charge on any atom is -0.493 e. The van der Waals surface area contributed by atoms with Gasteiger partial charge in [-0.05, 0) is 42.5 Å². The van der Waals surface area contributed by atoms with Crippen molar-refractivity contribution in [3.8, 4) is 34.5 Å². The molecule has 0 radical (unpaired) electrons. The number of fused-ring (bicyclic) bond motifs is 2. The van der Waals surface area contributed by atoms with Crippen LogP contribution in [0.1, 0.15) is 26.5 Å². The normalized spacial score (nSPS) is 13.3. The molecule has 1 aromatic heterocycles. The highest BCUT2D eigenvalue weighted by molar-refractivity contribution is 6.14. The summed E-state index contributed by atoms with van der Waals surface area (Å²) in [5.74, 6) is 1.28. The van der Waals surface area contributed by atoms with E-state index in [-0.39, 0.29) is 28.8 Å². The second kappa shape index (κ2) is 9.62. The lowest BCUT2D eigenvalue weighted by Crippen LogP contribution is -2.07. The number of ketones is 1. The van der Waals surface area contributed by atoms with Crippen LogP contribution in [-0.2, 0) is 0 Å². The number of hydrogen-bond acceptors (Lipinski definition) is 9. The van der Waals surface area contributed by atoms with Gasteiger partial charge in [0, 0.05) is 17.0 Å². The Morgan fingerprint density at radius 3 is 2.35 bits per heavy atom. The highest BCUT2D eigenvalue weighted by Crippen LogP contribution is 2.42. The zero-order valence-electron chi connectivity index (χ0n) is 20.4. The Hall–Kier alpha value is -4.92. The van der Waals surface area contributed by atoms with Crippen molar-refractivity contribution in [2.45, 2.75) is 0 Å². The fraction of sp³-hybridized carbons (Fsp3) is 0.143. The van der Waals surface area contributed by atoms with Gasteiger partial charge in [-0.25, -0.2) is 4.79 Å². The zero-order valence-corrected chi connectivity index (χ0v) is 20.4. The molecule has 188 valence electrons. The molecular weight excluding hydrogens is 480 g/mol. The molecule has 0 bridgehead atoms. The summed E-state index contributed by atoms with van der Waals surface area (Å²) in [6.45, 7) is 0. The fourth-order valence-electron chi connectivity index (χ4n) is 4.07. The molecule has 0 saturated heterocycles. The first-order valence-electron chi connectivity index (χ1n) is 11.1. The monoisotopic (exact) mass is 502 g/mol. The predicted molar refractivity (Wildman–Crippen MR) is 133 cm³/mol. The van der Waals surface area contributed by atoms with Crippen molar-refractivity contribution < 1.29 is 42.4 Å². The van der Waals surface area contributed by atoms with Crippen LogP contribution in [0.15, 0.2) is 64.8 Å². The summed E-state index contributed by atoms with van der Waals surface area (Å²) in [6, 6.07) is 14.9. The van der Waals surface area contributed by atoms with Crippen LogP contribution < -0.4 is 28.4 Å². The number of hydrogen-bond donors (Lipinski definition) is 0. The summed E-state index contributed by atoms with van der Waals surface area (Å²) >= 11 is 0. The van der Waals surface area contributed by atoms with E-state index in [2.05, 4.69) is 0 Å². The van der Waals surface area contributed by atoms with Gasteiger partial charge in [-0.2, -0.15) is 0 Å². The highest BCUT2D eigenvalue weighted by atomic mass is 16.6. The third-order valence-electron chi connectivity index (χ3n) is 5.80. The van der Waals surface area contributed by atoms with Crippen LogP contribution in [0.25, 0.3) is 17.0 Å². The van der Waals surface area contributed by atoms with Crippen molar-refractivity contribution in [3.63, 3.8) is 0 Å². The van der Waals surface area contributed by atoms with E-state index in [0.29, 0.717) is 45.1 Å². The van der Waals surface area contributed by atoms with Crippen molar-refractivity contribution in [1.29, 1.82) is 0 Å². The van der Waals surface area contributed by atoms with E-state index in [4.69, 9.17) is 32.8 Å². The van der Waals surface area contributed by atoms with Gasteiger partial charge in [0.25, 0.3) is 0 Å². The van der Waals surface area contributed by atoms with E-state index in [9.17, 15) is 9.59 Å². The molecule has 4 aromatic rings. The molecule has 0 N–H and O–H groups in total. The number of methoxy groups -OCH3 is 4. The van der Waals surface area contributed by atoms with E-state index in [1.807, 2.05) is 0 Å². The Kier molecular flexibility index (Phi) is 6.19. The smallest absolute Gasteiger partial charge is 0.379 e. The molecule has 9 heteroatoms. The number of carbonyl (C=O) groups is 2. The lowest BCUT2D eigenvalue weighted by atomic mass is 10.1. The highest BCUT2D eigenvalue weighted by Gasteiger charge is 2.29. The number of ether oxygens (including phenoxy) is 6. The van der Waals surface area contributed by atoms with Gasteiger partial charge in [0.2, 0.25) is 17.3 Å². The molecule has 0 atom stereocenters. The number of allylic oxidation sites excluding steroid dienone is 1. The van der Waals surface area contributed by atoms with Crippen molar-refractivity contribution in [2.24, 2.45) is 0 Å². The largest absolute Gasteiger partial charge is 0.493 e. The van der Waals surface area contributed by atoms with Gasteiger partial charge in [0.15, 0.2) is 28.6 Å². The first-order valence-corrected chi connectivity index (χ1v) is 11.1. The maximum Gasteiger partial charge on any atom is 0.379 e. The predicted octanol–water partition coefficient (Wildman–Crippen LogP) is 5.30. The molecule has 2 heterocycles. The Bertz CT molecular complexity index is 1560. The molecular formula is C28H22O9. The minimum absolute atomic E-state index is 0.0122. The number of esters is 1. The number of Topliss-reactive ketones (excluding diaryl/α,β-unsaturated/α-hetero) is 1. The Morgan fingerprint density at radius 1 is 0.838 bits per heavy atom. The van der Waals surface area contributed by atoms with Gasteiger partial charge in [0.05, 0.1) is 34.0 Å². The molecule has 0 aliphatic carbocycles. The minimum atomic E-state index is -0.701. The van der Waals surface area contributed by atoms with E-state index in [1.165, 1.54) is 46.6 Å². The first-order chi connectivity index (χ1) is 18.0. The van der Waals surface area contributed by atoms with Crippen LogP contribution in [0, 0.1) is 0 Å². The molecule has 0 fully saturated rings. The van der Waals surface area contributed by atoms with Crippen LogP contribution in [0.4, 0.5) is 0 Å². The van der Waals surface area contributed by atoms with Gasteiger partial charge >= 0.3 is 5.97 Å². The molecule has 0 saturated carbocycles. The number of para-hydroxylation sites is 1. The van der Waals surface area contributed by atoms with Crippen LogP contribution in [0.2, 0.25) is 0 Å². The summed E-state index contributed by atoms with van der Waals surface area (Å²) in [6.07, 6.45) is 1.55. The van der Waals surface area contributed by atoms with Crippen LogP contribution in [0.3, 0.4) is 0 Å².